The van der Waals surface area contributed by atoms with E-state index < -0.39 is 9.28 Å². The van der Waals surface area contributed by atoms with Crippen molar-refractivity contribution >= 4 is 9.28 Å². The quantitative estimate of drug-likeness (QED) is 0.200. The van der Waals surface area contributed by atoms with E-state index in [0.29, 0.717) is 5.54 Å². The summed E-state index contributed by atoms with van der Waals surface area (Å²) in [6, 6.07) is 0. The summed E-state index contributed by atoms with van der Waals surface area (Å²) >= 11 is 0. The van der Waals surface area contributed by atoms with Crippen LogP contribution in [0.15, 0.2) is 0 Å². The molecule has 146 valence electrons. The Morgan fingerprint density at radius 2 is 1.25 bits per heavy atom. The molecule has 4 heteroatoms. The van der Waals surface area contributed by atoms with Gasteiger partial charge in [-0.05, 0) is 26.7 Å². The minimum Gasteiger partial charge on any atom is -0.397 e. The average molecular weight is 361 g/mol. The minimum atomic E-state index is -1.48. The Labute approximate surface area is 154 Å². The molecule has 0 N–H and O–H groups in total. The predicted molar refractivity (Wildman–Crippen MR) is 109 cm³/mol. The van der Waals surface area contributed by atoms with Gasteiger partial charge in [-0.3, -0.25) is 0 Å². The molecule has 0 aromatic rings. The molecule has 0 fully saturated rings. The summed E-state index contributed by atoms with van der Waals surface area (Å²) in [5.41, 5.74) is 0.598. The number of hydrogen-bond donors (Lipinski definition) is 0. The molecule has 0 saturated carbocycles. The maximum atomic E-state index is 5.87. The zero-order valence-electron chi connectivity index (χ0n) is 17.6. The van der Waals surface area contributed by atoms with E-state index in [1.165, 1.54) is 70.9 Å². The highest BCUT2D eigenvalue weighted by atomic mass is 28.3. The van der Waals surface area contributed by atoms with Crippen molar-refractivity contribution in [3.8, 4) is 0 Å². The molecule has 0 amide bonds. The first-order valence-electron chi connectivity index (χ1n) is 10.5. The molecule has 0 aliphatic heterocycles. The lowest BCUT2D eigenvalue weighted by atomic mass is 10.1. The zero-order valence-corrected chi connectivity index (χ0v) is 18.8. The fraction of sp³-hybridized carbons (Fsp3) is 1.00. The van der Waals surface area contributed by atoms with E-state index in [1.807, 2.05) is 0 Å². The van der Waals surface area contributed by atoms with Gasteiger partial charge in [-0.15, -0.1) is 0 Å². The molecule has 1 unspecified atom stereocenters. The maximum Gasteiger partial charge on any atom is 0.324 e. The second-order valence-corrected chi connectivity index (χ2v) is 10.4. The lowest BCUT2D eigenvalue weighted by Gasteiger charge is -2.32. The van der Waals surface area contributed by atoms with Gasteiger partial charge in [-0.1, -0.05) is 52.4 Å². The molecule has 0 spiro atoms. The van der Waals surface area contributed by atoms with Crippen LogP contribution in [0.5, 0.6) is 0 Å². The van der Waals surface area contributed by atoms with Gasteiger partial charge in [0.25, 0.3) is 0 Å². The van der Waals surface area contributed by atoms with Crippen LogP contribution in [0.1, 0.15) is 85.5 Å². The SMILES string of the molecule is CCCCCCCCCC[N+](C)(C)CCC(C)[SiH](OCC)OCC. The van der Waals surface area contributed by atoms with E-state index in [9.17, 15) is 0 Å². The molecule has 0 heterocycles. The molecule has 0 saturated heterocycles. The molecule has 1 atom stereocenters. The van der Waals surface area contributed by atoms with Crippen molar-refractivity contribution in [1.82, 2.24) is 0 Å². The topological polar surface area (TPSA) is 18.5 Å². The average Bonchev–Trinajstić information content (AvgIpc) is 2.55. The maximum absolute atomic E-state index is 5.87. The summed E-state index contributed by atoms with van der Waals surface area (Å²) in [5, 5.41) is 0. The van der Waals surface area contributed by atoms with Gasteiger partial charge < -0.3 is 13.3 Å². The largest absolute Gasteiger partial charge is 0.397 e. The summed E-state index contributed by atoms with van der Waals surface area (Å²) < 4.78 is 12.9. The first kappa shape index (κ1) is 24.1. The molecular formula is C20H46NO2Si+. The van der Waals surface area contributed by atoms with Crippen LogP contribution in [0.25, 0.3) is 0 Å². The highest BCUT2D eigenvalue weighted by molar-refractivity contribution is 6.46. The van der Waals surface area contributed by atoms with Crippen molar-refractivity contribution < 1.29 is 13.3 Å². The van der Waals surface area contributed by atoms with E-state index in [1.54, 1.807) is 0 Å². The van der Waals surface area contributed by atoms with Crippen LogP contribution in [-0.2, 0) is 8.85 Å². The zero-order chi connectivity index (χ0) is 18.3. The third-order valence-corrected chi connectivity index (χ3v) is 7.52. The summed E-state index contributed by atoms with van der Waals surface area (Å²) in [6.45, 7) is 12.9. The Morgan fingerprint density at radius 3 is 1.75 bits per heavy atom. The van der Waals surface area contributed by atoms with Crippen LogP contribution in [0.3, 0.4) is 0 Å². The van der Waals surface area contributed by atoms with E-state index in [4.69, 9.17) is 8.85 Å². The first-order chi connectivity index (χ1) is 11.5. The van der Waals surface area contributed by atoms with Crippen molar-refractivity contribution in [2.45, 2.75) is 91.0 Å². The number of quaternary nitrogens is 1. The van der Waals surface area contributed by atoms with Gasteiger partial charge in [-0.2, -0.15) is 0 Å². The van der Waals surface area contributed by atoms with E-state index in [-0.39, 0.29) is 0 Å². The fourth-order valence-corrected chi connectivity index (χ4v) is 5.01. The van der Waals surface area contributed by atoms with Gasteiger partial charge in [0.15, 0.2) is 0 Å². The second kappa shape index (κ2) is 15.4. The highest BCUT2D eigenvalue weighted by Crippen LogP contribution is 2.19. The van der Waals surface area contributed by atoms with E-state index >= 15 is 0 Å². The molecular weight excluding hydrogens is 314 g/mol. The van der Waals surface area contributed by atoms with E-state index in [0.717, 1.165) is 17.7 Å². The Morgan fingerprint density at radius 1 is 0.750 bits per heavy atom. The normalized spacial score (nSPS) is 13.6. The van der Waals surface area contributed by atoms with Gasteiger partial charge in [0.2, 0.25) is 0 Å². The molecule has 3 nitrogen and oxygen atoms in total. The first-order valence-corrected chi connectivity index (χ1v) is 12.1. The predicted octanol–water partition coefficient (Wildman–Crippen LogP) is 5.28. The van der Waals surface area contributed by atoms with Crippen LogP contribution < -0.4 is 0 Å². The smallest absolute Gasteiger partial charge is 0.324 e. The summed E-state index contributed by atoms with van der Waals surface area (Å²) in [5.74, 6) is 0. The monoisotopic (exact) mass is 360 g/mol. The van der Waals surface area contributed by atoms with Crippen molar-refractivity contribution in [2.24, 2.45) is 0 Å². The number of nitrogens with zero attached hydrogens (tertiary/aromatic N) is 1. The Hall–Kier alpha value is 0.0969. The van der Waals surface area contributed by atoms with Crippen LogP contribution in [0.2, 0.25) is 5.54 Å². The van der Waals surface area contributed by atoms with Crippen LogP contribution in [0, 0.1) is 0 Å². The Bertz CT molecular complexity index is 268. The molecule has 0 rings (SSSR count). The lowest BCUT2D eigenvalue weighted by molar-refractivity contribution is -0.890. The Kier molecular flexibility index (Phi) is 15.4. The van der Waals surface area contributed by atoms with Crippen LogP contribution in [0.4, 0.5) is 0 Å². The summed E-state index contributed by atoms with van der Waals surface area (Å²) in [7, 11) is 3.28. The van der Waals surface area contributed by atoms with Gasteiger partial charge in [0.1, 0.15) is 0 Å². The molecule has 0 bridgehead atoms. The van der Waals surface area contributed by atoms with Crippen LogP contribution >= 0.6 is 0 Å². The van der Waals surface area contributed by atoms with Crippen molar-refractivity contribution in [2.75, 3.05) is 40.4 Å². The number of unbranched alkanes of at least 4 members (excludes halogenated alkanes) is 7. The third-order valence-electron chi connectivity index (χ3n) is 4.93. The molecule has 0 aromatic carbocycles. The fourth-order valence-electron chi connectivity index (χ4n) is 3.18. The highest BCUT2D eigenvalue weighted by Gasteiger charge is 2.24. The van der Waals surface area contributed by atoms with Gasteiger partial charge >= 0.3 is 9.28 Å². The second-order valence-electron chi connectivity index (χ2n) is 7.90. The van der Waals surface area contributed by atoms with Crippen molar-refractivity contribution in [1.29, 1.82) is 0 Å². The van der Waals surface area contributed by atoms with E-state index in [2.05, 4.69) is 41.8 Å². The molecule has 24 heavy (non-hydrogen) atoms. The summed E-state index contributed by atoms with van der Waals surface area (Å²) in [4.78, 5) is 0. The lowest BCUT2D eigenvalue weighted by Crippen LogP contribution is -2.42. The van der Waals surface area contributed by atoms with Crippen molar-refractivity contribution in [3.05, 3.63) is 0 Å². The standard InChI is InChI=1S/C20H46NO2Si/c1-7-10-11-12-13-14-15-16-18-21(5,6)19-17-20(4)24(22-8-2)23-9-3/h20,24H,7-19H2,1-6H3/q+1. The van der Waals surface area contributed by atoms with Gasteiger partial charge in [0.05, 0.1) is 27.2 Å². The molecule has 0 radical (unpaired) electrons. The van der Waals surface area contributed by atoms with Crippen LogP contribution in [-0.4, -0.2) is 54.2 Å². The minimum absolute atomic E-state index is 0.598. The van der Waals surface area contributed by atoms with Gasteiger partial charge in [0, 0.05) is 25.2 Å². The molecule has 0 aliphatic carbocycles. The number of hydrogen-bond acceptors (Lipinski definition) is 2. The van der Waals surface area contributed by atoms with Gasteiger partial charge in [-0.25, -0.2) is 0 Å². The third kappa shape index (κ3) is 13.4. The summed E-state index contributed by atoms with van der Waals surface area (Å²) in [6.07, 6.45) is 12.5. The Balaban J connectivity index is 3.83. The molecule has 0 aromatic heterocycles. The number of rotatable bonds is 17. The van der Waals surface area contributed by atoms with Crippen molar-refractivity contribution in [3.63, 3.8) is 0 Å². The molecule has 0 aliphatic rings.